The highest BCUT2D eigenvalue weighted by molar-refractivity contribution is 5.87. The predicted molar refractivity (Wildman–Crippen MR) is 51.2 cm³/mol. The van der Waals surface area contributed by atoms with Crippen LogP contribution in [0.25, 0.3) is 0 Å². The number of aliphatic hydroxyl groups is 1. The highest BCUT2D eigenvalue weighted by atomic mass is 19.4. The second-order valence-electron chi connectivity index (χ2n) is 3.11. The molecule has 0 aliphatic heterocycles. The van der Waals surface area contributed by atoms with E-state index >= 15 is 0 Å². The van der Waals surface area contributed by atoms with Gasteiger partial charge in [0.15, 0.2) is 6.10 Å². The molecule has 1 rings (SSSR count). The number of alkyl halides is 3. The van der Waals surface area contributed by atoms with Crippen molar-refractivity contribution in [1.29, 1.82) is 0 Å². The predicted octanol–water partition coefficient (Wildman–Crippen LogP) is 1.85. The van der Waals surface area contributed by atoms with E-state index in [0.29, 0.717) is 0 Å². The number of aliphatic hydroxyl groups excluding tert-OH is 1. The Kier molecular flexibility index (Phi) is 4.06. The van der Waals surface area contributed by atoms with Crippen LogP contribution < -0.4 is 0 Å². The molecule has 0 radical (unpaired) electrons. The summed E-state index contributed by atoms with van der Waals surface area (Å²) in [6, 6.07) is 3.40. The van der Waals surface area contributed by atoms with Crippen LogP contribution in [0.4, 0.5) is 13.2 Å². The van der Waals surface area contributed by atoms with Crippen molar-refractivity contribution in [3.05, 3.63) is 29.6 Å². The minimum atomic E-state index is -4.82. The number of halogens is 3. The van der Waals surface area contributed by atoms with Crippen LogP contribution in [0.15, 0.2) is 18.2 Å². The van der Waals surface area contributed by atoms with Crippen LogP contribution in [-0.4, -0.2) is 28.8 Å². The Morgan fingerprint density at radius 1 is 1.53 bits per heavy atom. The molecule has 1 N–H and O–H groups in total. The van der Waals surface area contributed by atoms with E-state index in [1.54, 1.807) is 6.92 Å². The molecule has 0 saturated carbocycles. The number of carbonyl (C=O) groups excluding carboxylic acids is 1. The maximum atomic E-state index is 12.2. The molecule has 0 amide bonds. The van der Waals surface area contributed by atoms with Gasteiger partial charge in [0, 0.05) is 0 Å². The zero-order chi connectivity index (χ0) is 13.1. The molecule has 7 heteroatoms. The van der Waals surface area contributed by atoms with E-state index in [1.165, 1.54) is 12.1 Å². The SMILES string of the molecule is CCOC(=O)c1cccc(C(O)C(F)(F)F)n1. The first-order valence-electron chi connectivity index (χ1n) is 4.75. The van der Waals surface area contributed by atoms with Crippen LogP contribution >= 0.6 is 0 Å². The number of aromatic nitrogens is 1. The number of esters is 1. The van der Waals surface area contributed by atoms with E-state index < -0.39 is 23.9 Å². The average Bonchev–Trinajstić information content (AvgIpc) is 2.27. The van der Waals surface area contributed by atoms with Gasteiger partial charge in [0.2, 0.25) is 0 Å². The van der Waals surface area contributed by atoms with Crippen molar-refractivity contribution in [3.8, 4) is 0 Å². The van der Waals surface area contributed by atoms with Gasteiger partial charge in [0.25, 0.3) is 0 Å². The van der Waals surface area contributed by atoms with Gasteiger partial charge in [-0.1, -0.05) is 6.07 Å². The van der Waals surface area contributed by atoms with E-state index in [1.807, 2.05) is 0 Å². The van der Waals surface area contributed by atoms with Crippen molar-refractivity contribution in [3.63, 3.8) is 0 Å². The van der Waals surface area contributed by atoms with E-state index in [2.05, 4.69) is 9.72 Å². The fourth-order valence-corrected chi connectivity index (χ4v) is 1.09. The van der Waals surface area contributed by atoms with Crippen LogP contribution in [0.5, 0.6) is 0 Å². The van der Waals surface area contributed by atoms with Crippen LogP contribution in [-0.2, 0) is 4.74 Å². The average molecular weight is 249 g/mol. The van der Waals surface area contributed by atoms with Gasteiger partial charge in [0.05, 0.1) is 12.3 Å². The first-order valence-corrected chi connectivity index (χ1v) is 4.75. The van der Waals surface area contributed by atoms with Crippen molar-refractivity contribution >= 4 is 5.97 Å². The smallest absolute Gasteiger partial charge is 0.420 e. The molecular weight excluding hydrogens is 239 g/mol. The summed E-state index contributed by atoms with van der Waals surface area (Å²) in [5.41, 5.74) is -0.907. The van der Waals surface area contributed by atoms with Crippen LogP contribution in [0, 0.1) is 0 Å². The maximum absolute atomic E-state index is 12.2. The molecule has 17 heavy (non-hydrogen) atoms. The lowest BCUT2D eigenvalue weighted by atomic mass is 10.2. The fraction of sp³-hybridized carbons (Fsp3) is 0.400. The van der Waals surface area contributed by atoms with Crippen LogP contribution in [0.2, 0.25) is 0 Å². The van der Waals surface area contributed by atoms with Gasteiger partial charge >= 0.3 is 12.1 Å². The summed E-state index contributed by atoms with van der Waals surface area (Å²) in [7, 11) is 0. The van der Waals surface area contributed by atoms with Gasteiger partial charge < -0.3 is 9.84 Å². The Hall–Kier alpha value is -1.63. The molecule has 1 aromatic heterocycles. The summed E-state index contributed by atoms with van der Waals surface area (Å²) in [6.45, 7) is 1.65. The first kappa shape index (κ1) is 13.4. The molecule has 0 aromatic carbocycles. The summed E-state index contributed by atoms with van der Waals surface area (Å²) in [6.07, 6.45) is -7.53. The Bertz CT molecular complexity index is 406. The summed E-state index contributed by atoms with van der Waals surface area (Å²) in [5, 5.41) is 8.95. The highest BCUT2D eigenvalue weighted by Crippen LogP contribution is 2.31. The minimum absolute atomic E-state index is 0.0898. The van der Waals surface area contributed by atoms with Gasteiger partial charge in [-0.05, 0) is 19.1 Å². The third-order valence-corrected chi connectivity index (χ3v) is 1.85. The molecule has 0 spiro atoms. The second-order valence-corrected chi connectivity index (χ2v) is 3.11. The molecule has 1 atom stereocenters. The summed E-state index contributed by atoms with van der Waals surface area (Å²) >= 11 is 0. The third kappa shape index (κ3) is 3.42. The normalized spacial score (nSPS) is 13.2. The number of hydrogen-bond acceptors (Lipinski definition) is 4. The van der Waals surface area contributed by atoms with Gasteiger partial charge in [-0.3, -0.25) is 0 Å². The zero-order valence-electron chi connectivity index (χ0n) is 8.86. The minimum Gasteiger partial charge on any atom is -0.461 e. The quantitative estimate of drug-likeness (QED) is 0.830. The monoisotopic (exact) mass is 249 g/mol. The number of pyridine rings is 1. The molecule has 1 unspecified atom stereocenters. The second kappa shape index (κ2) is 5.13. The largest absolute Gasteiger partial charge is 0.461 e. The highest BCUT2D eigenvalue weighted by Gasteiger charge is 2.40. The lowest BCUT2D eigenvalue weighted by Gasteiger charge is -2.14. The summed E-state index contributed by atoms with van der Waals surface area (Å²) in [4.78, 5) is 14.6. The van der Waals surface area contributed by atoms with Gasteiger partial charge in [-0.25, -0.2) is 9.78 Å². The molecule has 1 aromatic rings. The molecule has 1 heterocycles. The molecule has 0 aliphatic rings. The van der Waals surface area contributed by atoms with Gasteiger partial charge in [-0.15, -0.1) is 0 Å². The molecule has 0 fully saturated rings. The third-order valence-electron chi connectivity index (χ3n) is 1.85. The number of hydrogen-bond donors (Lipinski definition) is 1. The first-order chi connectivity index (χ1) is 7.86. The van der Waals surface area contributed by atoms with Crippen molar-refractivity contribution < 1.29 is 27.8 Å². The lowest BCUT2D eigenvalue weighted by molar-refractivity contribution is -0.208. The standard InChI is InChI=1S/C10H10F3NO3/c1-2-17-9(16)7-5-3-4-6(14-7)8(15)10(11,12)13/h3-5,8,15H,2H2,1H3. The van der Waals surface area contributed by atoms with E-state index in [-0.39, 0.29) is 12.3 Å². The van der Waals surface area contributed by atoms with Crippen molar-refractivity contribution in [2.75, 3.05) is 6.61 Å². The lowest BCUT2D eigenvalue weighted by Crippen LogP contribution is -2.22. The van der Waals surface area contributed by atoms with Crippen molar-refractivity contribution in [2.24, 2.45) is 0 Å². The van der Waals surface area contributed by atoms with E-state index in [4.69, 9.17) is 5.11 Å². The molecule has 0 aliphatic carbocycles. The number of ether oxygens (including phenoxy) is 1. The van der Waals surface area contributed by atoms with Crippen molar-refractivity contribution in [1.82, 2.24) is 4.98 Å². The summed E-state index contributed by atoms with van der Waals surface area (Å²) in [5.74, 6) is -0.830. The topological polar surface area (TPSA) is 59.4 Å². The maximum Gasteiger partial charge on any atom is 0.420 e. The number of nitrogens with zero attached hydrogens (tertiary/aromatic N) is 1. The van der Waals surface area contributed by atoms with Crippen LogP contribution in [0.3, 0.4) is 0 Å². The molecule has 94 valence electrons. The Morgan fingerprint density at radius 3 is 2.71 bits per heavy atom. The number of rotatable bonds is 3. The zero-order valence-corrected chi connectivity index (χ0v) is 8.86. The Labute approximate surface area is 95.0 Å². The number of carbonyl (C=O) groups is 1. The Morgan fingerprint density at radius 2 is 2.18 bits per heavy atom. The fourth-order valence-electron chi connectivity index (χ4n) is 1.09. The van der Waals surface area contributed by atoms with E-state index in [0.717, 1.165) is 6.07 Å². The molecular formula is C10H10F3NO3. The molecule has 0 saturated heterocycles. The van der Waals surface area contributed by atoms with E-state index in [9.17, 15) is 18.0 Å². The van der Waals surface area contributed by atoms with Crippen molar-refractivity contribution in [2.45, 2.75) is 19.2 Å². The van der Waals surface area contributed by atoms with Gasteiger partial charge in [0.1, 0.15) is 5.69 Å². The molecule has 0 bridgehead atoms. The van der Waals surface area contributed by atoms with Gasteiger partial charge in [-0.2, -0.15) is 13.2 Å². The van der Waals surface area contributed by atoms with Crippen LogP contribution in [0.1, 0.15) is 29.2 Å². The molecule has 4 nitrogen and oxygen atoms in total. The Balaban J connectivity index is 2.97. The summed E-state index contributed by atoms with van der Waals surface area (Å²) < 4.78 is 41.2.